The highest BCUT2D eigenvalue weighted by atomic mass is 16.5. The van der Waals surface area contributed by atoms with E-state index in [0.717, 1.165) is 19.5 Å². The van der Waals surface area contributed by atoms with Gasteiger partial charge in [-0.2, -0.15) is 0 Å². The summed E-state index contributed by atoms with van der Waals surface area (Å²) in [6.45, 7) is 6.16. The first-order valence-corrected chi connectivity index (χ1v) is 8.44. The van der Waals surface area contributed by atoms with Gasteiger partial charge in [0.1, 0.15) is 5.75 Å². The highest BCUT2D eigenvalue weighted by Crippen LogP contribution is 2.20. The molecule has 0 aliphatic heterocycles. The standard InChI is InChI=1S/C20H25N3O2/c1-15(2)4-3-12-22-13-11-16-5-8-18(9-6-16)25-19-10-7-17(14-23-19)20(21)24/h3-10,14-15,22H,11-13H2,1-2H3,(H2,21,24)/b4-3+. The van der Waals surface area contributed by atoms with Gasteiger partial charge in [0.15, 0.2) is 0 Å². The van der Waals surface area contributed by atoms with Gasteiger partial charge in [-0.3, -0.25) is 4.79 Å². The molecule has 132 valence electrons. The van der Waals surface area contributed by atoms with Crippen LogP contribution in [0.25, 0.3) is 0 Å². The number of hydrogen-bond acceptors (Lipinski definition) is 4. The summed E-state index contributed by atoms with van der Waals surface area (Å²) in [5.41, 5.74) is 6.78. The number of rotatable bonds is 9. The van der Waals surface area contributed by atoms with Crippen LogP contribution in [-0.2, 0) is 6.42 Å². The molecule has 5 nitrogen and oxygen atoms in total. The SMILES string of the molecule is CC(C)/C=C/CNCCc1ccc(Oc2ccc(C(N)=O)cn2)cc1. The molecule has 0 fully saturated rings. The van der Waals surface area contributed by atoms with Gasteiger partial charge in [-0.25, -0.2) is 4.98 Å². The van der Waals surface area contributed by atoms with Crippen LogP contribution in [0.4, 0.5) is 0 Å². The molecule has 0 aliphatic carbocycles. The number of carbonyl (C=O) groups is 1. The molecule has 2 aromatic rings. The van der Waals surface area contributed by atoms with E-state index in [1.807, 2.05) is 24.3 Å². The summed E-state index contributed by atoms with van der Waals surface area (Å²) in [4.78, 5) is 15.1. The number of carbonyl (C=O) groups excluding carboxylic acids is 1. The van der Waals surface area contributed by atoms with Gasteiger partial charge in [-0.05, 0) is 42.6 Å². The zero-order chi connectivity index (χ0) is 18.1. The molecule has 0 saturated carbocycles. The zero-order valence-electron chi connectivity index (χ0n) is 14.7. The highest BCUT2D eigenvalue weighted by molar-refractivity contribution is 5.92. The van der Waals surface area contributed by atoms with Crippen LogP contribution in [0, 0.1) is 5.92 Å². The maximum Gasteiger partial charge on any atom is 0.250 e. The van der Waals surface area contributed by atoms with Crippen molar-refractivity contribution in [3.63, 3.8) is 0 Å². The van der Waals surface area contributed by atoms with Crippen molar-refractivity contribution in [2.75, 3.05) is 13.1 Å². The van der Waals surface area contributed by atoms with Gasteiger partial charge < -0.3 is 15.8 Å². The Morgan fingerprint density at radius 1 is 1.24 bits per heavy atom. The van der Waals surface area contributed by atoms with E-state index >= 15 is 0 Å². The second-order valence-electron chi connectivity index (χ2n) is 6.12. The van der Waals surface area contributed by atoms with Crippen LogP contribution in [0.1, 0.15) is 29.8 Å². The van der Waals surface area contributed by atoms with E-state index < -0.39 is 5.91 Å². The number of nitrogens with two attached hydrogens (primary N) is 1. The number of hydrogen-bond donors (Lipinski definition) is 2. The van der Waals surface area contributed by atoms with Crippen molar-refractivity contribution in [3.8, 4) is 11.6 Å². The third-order valence-electron chi connectivity index (χ3n) is 3.54. The minimum Gasteiger partial charge on any atom is -0.439 e. The molecular formula is C20H25N3O2. The minimum absolute atomic E-state index is 0.360. The largest absolute Gasteiger partial charge is 0.439 e. The van der Waals surface area contributed by atoms with E-state index in [4.69, 9.17) is 10.5 Å². The van der Waals surface area contributed by atoms with E-state index in [9.17, 15) is 4.79 Å². The van der Waals surface area contributed by atoms with E-state index in [0.29, 0.717) is 23.1 Å². The van der Waals surface area contributed by atoms with Crippen LogP contribution in [0.15, 0.2) is 54.7 Å². The summed E-state index contributed by atoms with van der Waals surface area (Å²) in [5, 5.41) is 3.39. The molecule has 0 atom stereocenters. The fourth-order valence-electron chi connectivity index (χ4n) is 2.19. The van der Waals surface area contributed by atoms with Crippen molar-refractivity contribution in [1.29, 1.82) is 0 Å². The highest BCUT2D eigenvalue weighted by Gasteiger charge is 2.03. The fourth-order valence-corrected chi connectivity index (χ4v) is 2.19. The Morgan fingerprint density at radius 2 is 2.00 bits per heavy atom. The molecule has 25 heavy (non-hydrogen) atoms. The maximum absolute atomic E-state index is 11.0. The van der Waals surface area contributed by atoms with Gasteiger partial charge in [-0.15, -0.1) is 0 Å². The molecule has 0 spiro atoms. The number of pyridine rings is 1. The van der Waals surface area contributed by atoms with E-state index in [2.05, 4.69) is 36.3 Å². The van der Waals surface area contributed by atoms with Crippen LogP contribution >= 0.6 is 0 Å². The van der Waals surface area contributed by atoms with Gasteiger partial charge in [0.25, 0.3) is 0 Å². The molecule has 1 amide bonds. The quantitative estimate of drug-likeness (QED) is 0.543. The molecule has 0 bridgehead atoms. The number of nitrogens with zero attached hydrogens (tertiary/aromatic N) is 1. The molecule has 1 aromatic heterocycles. The summed E-state index contributed by atoms with van der Waals surface area (Å²) in [5.74, 6) is 1.22. The molecule has 5 heteroatoms. The Morgan fingerprint density at radius 3 is 2.60 bits per heavy atom. The molecule has 3 N–H and O–H groups in total. The van der Waals surface area contributed by atoms with Crippen LogP contribution in [0.2, 0.25) is 0 Å². The van der Waals surface area contributed by atoms with Crippen molar-refractivity contribution < 1.29 is 9.53 Å². The molecule has 0 unspecified atom stereocenters. The Bertz CT molecular complexity index is 692. The molecule has 1 aromatic carbocycles. The molecule has 0 aliphatic rings. The second-order valence-corrected chi connectivity index (χ2v) is 6.12. The number of ether oxygens (including phenoxy) is 1. The predicted octanol–water partition coefficient (Wildman–Crippen LogP) is 3.32. The Hall–Kier alpha value is -2.66. The average Bonchev–Trinajstić information content (AvgIpc) is 2.59. The topological polar surface area (TPSA) is 77.2 Å². The average molecular weight is 339 g/mol. The van der Waals surface area contributed by atoms with Crippen LogP contribution in [0.5, 0.6) is 11.6 Å². The van der Waals surface area contributed by atoms with E-state index in [1.165, 1.54) is 11.8 Å². The van der Waals surface area contributed by atoms with Crippen LogP contribution in [-0.4, -0.2) is 24.0 Å². The lowest BCUT2D eigenvalue weighted by atomic mass is 10.1. The monoisotopic (exact) mass is 339 g/mol. The number of aromatic nitrogens is 1. The van der Waals surface area contributed by atoms with Crippen LogP contribution in [0.3, 0.4) is 0 Å². The van der Waals surface area contributed by atoms with Crippen molar-refractivity contribution in [2.24, 2.45) is 11.7 Å². The summed E-state index contributed by atoms with van der Waals surface area (Å²) in [7, 11) is 0. The molecule has 0 radical (unpaired) electrons. The van der Waals surface area contributed by atoms with Crippen molar-refractivity contribution in [2.45, 2.75) is 20.3 Å². The summed E-state index contributed by atoms with van der Waals surface area (Å²) >= 11 is 0. The Labute approximate surface area is 148 Å². The third kappa shape index (κ3) is 6.77. The Balaban J connectivity index is 1.78. The molecular weight excluding hydrogens is 314 g/mol. The number of primary amides is 1. The first-order chi connectivity index (χ1) is 12.0. The third-order valence-corrected chi connectivity index (χ3v) is 3.54. The smallest absolute Gasteiger partial charge is 0.250 e. The second kappa shape index (κ2) is 9.59. The van der Waals surface area contributed by atoms with Crippen molar-refractivity contribution >= 4 is 5.91 Å². The summed E-state index contributed by atoms with van der Waals surface area (Å²) in [6, 6.07) is 11.1. The van der Waals surface area contributed by atoms with E-state index in [-0.39, 0.29) is 0 Å². The molecule has 1 heterocycles. The number of allylic oxidation sites excluding steroid dienone is 1. The Kier molecular flexibility index (Phi) is 7.16. The van der Waals surface area contributed by atoms with E-state index in [1.54, 1.807) is 12.1 Å². The van der Waals surface area contributed by atoms with Crippen molar-refractivity contribution in [3.05, 3.63) is 65.9 Å². The summed E-state index contributed by atoms with van der Waals surface area (Å²) in [6.07, 6.45) is 6.73. The van der Waals surface area contributed by atoms with Gasteiger partial charge in [0.05, 0.1) is 5.56 Å². The van der Waals surface area contributed by atoms with Gasteiger partial charge in [0, 0.05) is 18.8 Å². The lowest BCUT2D eigenvalue weighted by Crippen LogP contribution is -2.17. The zero-order valence-corrected chi connectivity index (χ0v) is 14.7. The van der Waals surface area contributed by atoms with Gasteiger partial charge in [-0.1, -0.05) is 38.1 Å². The van der Waals surface area contributed by atoms with Gasteiger partial charge >= 0.3 is 0 Å². The lowest BCUT2D eigenvalue weighted by Gasteiger charge is -2.07. The first-order valence-electron chi connectivity index (χ1n) is 8.44. The van der Waals surface area contributed by atoms with Crippen molar-refractivity contribution in [1.82, 2.24) is 10.3 Å². The maximum atomic E-state index is 11.0. The molecule has 2 rings (SSSR count). The number of amides is 1. The lowest BCUT2D eigenvalue weighted by molar-refractivity contribution is 0.1000. The first kappa shape index (κ1) is 18.7. The minimum atomic E-state index is -0.503. The predicted molar refractivity (Wildman–Crippen MR) is 99.8 cm³/mol. The normalized spacial score (nSPS) is 11.2. The number of nitrogens with one attached hydrogen (secondary N) is 1. The van der Waals surface area contributed by atoms with Crippen LogP contribution < -0.4 is 15.8 Å². The molecule has 0 saturated heterocycles. The number of benzene rings is 1. The fraction of sp³-hybridized carbons (Fsp3) is 0.300. The summed E-state index contributed by atoms with van der Waals surface area (Å²) < 4.78 is 5.66. The van der Waals surface area contributed by atoms with Gasteiger partial charge in [0.2, 0.25) is 11.8 Å².